The fourth-order valence-electron chi connectivity index (χ4n) is 4.27. The minimum absolute atomic E-state index is 0.0659. The lowest BCUT2D eigenvalue weighted by Crippen LogP contribution is -2.48. The van der Waals surface area contributed by atoms with Gasteiger partial charge in [-0.15, -0.1) is 0 Å². The zero-order chi connectivity index (χ0) is 19.2. The van der Waals surface area contributed by atoms with E-state index in [0.29, 0.717) is 12.3 Å². The molecule has 1 atom stereocenters. The Kier molecular flexibility index (Phi) is 4.40. The van der Waals surface area contributed by atoms with E-state index in [1.54, 1.807) is 6.07 Å². The molecule has 1 saturated heterocycles. The monoisotopic (exact) mass is 369 g/mol. The molecule has 2 aromatic rings. The van der Waals surface area contributed by atoms with Gasteiger partial charge in [-0.25, -0.2) is 9.97 Å². The summed E-state index contributed by atoms with van der Waals surface area (Å²) < 4.78 is 5.34. The van der Waals surface area contributed by atoms with Crippen molar-refractivity contribution in [3.8, 4) is 0 Å². The molecule has 1 aliphatic heterocycles. The van der Waals surface area contributed by atoms with E-state index in [-0.39, 0.29) is 17.2 Å². The number of rotatable bonds is 3. The Morgan fingerprint density at radius 1 is 1.33 bits per heavy atom. The largest absolute Gasteiger partial charge is 0.351 e. The highest BCUT2D eigenvalue weighted by Crippen LogP contribution is 2.44. The molecule has 7 nitrogen and oxygen atoms in total. The standard InChI is InChI=1S/C20H27N5O2/c1-13(2)15-10-16(27-23-15)18(26)25-9-5-7-20(12-25)8-6-14-11-21-19(24(3)4)22-17(14)20/h10-11,13H,5-9,12H2,1-4H3. The van der Waals surface area contributed by atoms with Crippen molar-refractivity contribution >= 4 is 11.9 Å². The minimum atomic E-state index is -0.0716. The molecule has 1 amide bonds. The smallest absolute Gasteiger partial charge is 0.292 e. The molecule has 1 unspecified atom stereocenters. The van der Waals surface area contributed by atoms with E-state index < -0.39 is 0 Å². The average Bonchev–Trinajstić information content (AvgIpc) is 3.27. The van der Waals surface area contributed by atoms with Crippen LogP contribution in [0.4, 0.5) is 5.95 Å². The molecule has 1 fully saturated rings. The van der Waals surface area contributed by atoms with Crippen LogP contribution >= 0.6 is 0 Å². The number of anilines is 1. The molecule has 2 aliphatic rings. The van der Waals surface area contributed by atoms with Crippen LogP contribution < -0.4 is 4.90 Å². The lowest BCUT2D eigenvalue weighted by Gasteiger charge is -2.40. The molecule has 3 heterocycles. The highest BCUT2D eigenvalue weighted by atomic mass is 16.5. The van der Waals surface area contributed by atoms with E-state index in [4.69, 9.17) is 9.51 Å². The first-order valence-electron chi connectivity index (χ1n) is 9.69. The number of hydrogen-bond donors (Lipinski definition) is 0. The van der Waals surface area contributed by atoms with Crippen molar-refractivity contribution in [2.24, 2.45) is 0 Å². The lowest BCUT2D eigenvalue weighted by atomic mass is 9.77. The molecule has 0 aromatic carbocycles. The number of aryl methyl sites for hydroxylation is 1. The summed E-state index contributed by atoms with van der Waals surface area (Å²) in [5.74, 6) is 1.25. The van der Waals surface area contributed by atoms with Gasteiger partial charge >= 0.3 is 0 Å². The topological polar surface area (TPSA) is 75.4 Å². The second-order valence-electron chi connectivity index (χ2n) is 8.32. The maximum Gasteiger partial charge on any atom is 0.292 e. The Balaban J connectivity index is 1.60. The number of fused-ring (bicyclic) bond motifs is 2. The molecule has 0 radical (unpaired) electrons. The Morgan fingerprint density at radius 2 is 2.15 bits per heavy atom. The molecule has 4 rings (SSSR count). The number of hydrogen-bond acceptors (Lipinski definition) is 6. The number of amides is 1. The number of likely N-dealkylation sites (tertiary alicyclic amines) is 1. The van der Waals surface area contributed by atoms with Crippen LogP contribution in [0.2, 0.25) is 0 Å². The summed E-state index contributed by atoms with van der Waals surface area (Å²) in [6, 6.07) is 1.78. The minimum Gasteiger partial charge on any atom is -0.351 e. The zero-order valence-electron chi connectivity index (χ0n) is 16.5. The molecule has 1 spiro atoms. The Hall–Kier alpha value is -2.44. The fraction of sp³-hybridized carbons (Fsp3) is 0.600. The number of piperidine rings is 1. The maximum absolute atomic E-state index is 13.0. The van der Waals surface area contributed by atoms with Crippen molar-refractivity contribution < 1.29 is 9.32 Å². The summed E-state index contributed by atoms with van der Waals surface area (Å²) in [5, 5.41) is 4.04. The molecular formula is C20H27N5O2. The molecule has 7 heteroatoms. The van der Waals surface area contributed by atoms with E-state index in [2.05, 4.69) is 10.1 Å². The fourth-order valence-corrected chi connectivity index (χ4v) is 4.27. The average molecular weight is 369 g/mol. The summed E-state index contributed by atoms with van der Waals surface area (Å²) in [7, 11) is 3.91. The summed E-state index contributed by atoms with van der Waals surface area (Å²) >= 11 is 0. The van der Waals surface area contributed by atoms with E-state index in [1.165, 1.54) is 5.56 Å². The Bertz CT molecular complexity index is 856. The molecule has 0 N–H and O–H groups in total. The van der Waals surface area contributed by atoms with Crippen molar-refractivity contribution in [3.63, 3.8) is 0 Å². The van der Waals surface area contributed by atoms with Crippen molar-refractivity contribution in [2.45, 2.75) is 50.9 Å². The molecule has 1 aliphatic carbocycles. The summed E-state index contributed by atoms with van der Waals surface area (Å²) in [6.45, 7) is 5.51. The van der Waals surface area contributed by atoms with Crippen LogP contribution in [-0.4, -0.2) is 53.1 Å². The van der Waals surface area contributed by atoms with E-state index in [1.807, 2.05) is 43.9 Å². The van der Waals surface area contributed by atoms with Crippen molar-refractivity contribution in [1.82, 2.24) is 20.0 Å². The Labute approximate surface area is 159 Å². The van der Waals surface area contributed by atoms with Gasteiger partial charge in [-0.1, -0.05) is 19.0 Å². The van der Waals surface area contributed by atoms with Crippen molar-refractivity contribution in [1.29, 1.82) is 0 Å². The van der Waals surface area contributed by atoms with Gasteiger partial charge in [0.15, 0.2) is 0 Å². The quantitative estimate of drug-likeness (QED) is 0.828. The highest BCUT2D eigenvalue weighted by Gasteiger charge is 2.45. The van der Waals surface area contributed by atoms with E-state index >= 15 is 0 Å². The summed E-state index contributed by atoms with van der Waals surface area (Å²) in [4.78, 5) is 26.2. The number of carbonyl (C=O) groups excluding carboxylic acids is 1. The van der Waals surface area contributed by atoms with Crippen LogP contribution in [0, 0.1) is 0 Å². The predicted molar refractivity (Wildman–Crippen MR) is 102 cm³/mol. The van der Waals surface area contributed by atoms with Crippen molar-refractivity contribution in [2.75, 3.05) is 32.1 Å². The van der Waals surface area contributed by atoms with Crippen LogP contribution in [0.15, 0.2) is 16.8 Å². The van der Waals surface area contributed by atoms with Gasteiger partial charge in [0.25, 0.3) is 5.91 Å². The summed E-state index contributed by atoms with van der Waals surface area (Å²) in [6.07, 6.45) is 5.98. The SMILES string of the molecule is CC(C)c1cc(C(=O)N2CCCC3(CCc4cnc(N(C)C)nc43)C2)on1. The predicted octanol–water partition coefficient (Wildman–Crippen LogP) is 2.77. The maximum atomic E-state index is 13.0. The second kappa shape index (κ2) is 6.62. The number of nitrogens with zero attached hydrogens (tertiary/aromatic N) is 5. The van der Waals surface area contributed by atoms with Gasteiger partial charge in [-0.05, 0) is 37.2 Å². The van der Waals surface area contributed by atoms with E-state index in [0.717, 1.165) is 49.6 Å². The Morgan fingerprint density at radius 3 is 2.85 bits per heavy atom. The first-order chi connectivity index (χ1) is 12.9. The van der Waals surface area contributed by atoms with Gasteiger partial charge in [0.2, 0.25) is 11.7 Å². The summed E-state index contributed by atoms with van der Waals surface area (Å²) in [5.41, 5.74) is 3.09. The third-order valence-corrected chi connectivity index (χ3v) is 5.82. The molecule has 2 aromatic heterocycles. The normalized spacial score (nSPS) is 21.7. The van der Waals surface area contributed by atoms with Gasteiger partial charge in [0, 0.05) is 44.9 Å². The molecule has 0 saturated carbocycles. The van der Waals surface area contributed by atoms with Gasteiger partial charge in [-0.2, -0.15) is 0 Å². The van der Waals surface area contributed by atoms with Crippen LogP contribution in [0.3, 0.4) is 0 Å². The van der Waals surface area contributed by atoms with Gasteiger partial charge in [0.05, 0.1) is 11.4 Å². The van der Waals surface area contributed by atoms with Crippen LogP contribution in [-0.2, 0) is 11.8 Å². The van der Waals surface area contributed by atoms with Crippen LogP contribution in [0.25, 0.3) is 0 Å². The van der Waals surface area contributed by atoms with Crippen LogP contribution in [0.5, 0.6) is 0 Å². The zero-order valence-corrected chi connectivity index (χ0v) is 16.5. The third-order valence-electron chi connectivity index (χ3n) is 5.82. The van der Waals surface area contributed by atoms with Crippen molar-refractivity contribution in [3.05, 3.63) is 35.0 Å². The molecular weight excluding hydrogens is 342 g/mol. The second-order valence-corrected chi connectivity index (χ2v) is 8.32. The molecule has 0 bridgehead atoms. The number of aromatic nitrogens is 3. The van der Waals surface area contributed by atoms with Gasteiger partial charge in [0.1, 0.15) is 0 Å². The van der Waals surface area contributed by atoms with Gasteiger partial charge < -0.3 is 14.3 Å². The van der Waals surface area contributed by atoms with Gasteiger partial charge in [-0.3, -0.25) is 4.79 Å². The van der Waals surface area contributed by atoms with E-state index in [9.17, 15) is 4.79 Å². The molecule has 27 heavy (non-hydrogen) atoms. The highest BCUT2D eigenvalue weighted by molar-refractivity contribution is 5.91. The molecule has 144 valence electrons. The first-order valence-corrected chi connectivity index (χ1v) is 9.69. The third kappa shape index (κ3) is 3.09. The van der Waals surface area contributed by atoms with Crippen LogP contribution in [0.1, 0.15) is 66.5 Å². The first kappa shape index (κ1) is 17.9. The lowest BCUT2D eigenvalue weighted by molar-refractivity contribution is 0.0592. The number of carbonyl (C=O) groups is 1.